The molecule has 15 heavy (non-hydrogen) atoms. The van der Waals surface area contributed by atoms with Crippen LogP contribution in [-0.2, 0) is 10.0 Å². The van der Waals surface area contributed by atoms with Crippen LogP contribution in [0.25, 0.3) is 0 Å². The molecule has 1 rings (SSSR count). The Morgan fingerprint density at radius 3 is 2.47 bits per heavy atom. The molecule has 5 heteroatoms. The van der Waals surface area contributed by atoms with Gasteiger partial charge in [-0.15, -0.1) is 0 Å². The summed E-state index contributed by atoms with van der Waals surface area (Å²) >= 11 is 0. The Bertz CT molecular complexity index is 350. The Hall–Kier alpha value is -0.600. The van der Waals surface area contributed by atoms with Gasteiger partial charge in [-0.1, -0.05) is 13.8 Å². The van der Waals surface area contributed by atoms with Crippen molar-refractivity contribution in [2.75, 3.05) is 12.3 Å². The molecule has 1 aliphatic rings. The molecule has 0 aliphatic heterocycles. The van der Waals surface area contributed by atoms with E-state index in [9.17, 15) is 8.42 Å². The van der Waals surface area contributed by atoms with Crippen molar-refractivity contribution in [1.29, 1.82) is 5.26 Å². The third-order valence-corrected chi connectivity index (χ3v) is 4.22. The first-order valence-electron chi connectivity index (χ1n) is 5.23. The molecule has 1 N–H and O–H groups in total. The minimum absolute atomic E-state index is 0.111. The molecule has 0 bridgehead atoms. The van der Waals surface area contributed by atoms with E-state index in [1.165, 1.54) is 0 Å². The van der Waals surface area contributed by atoms with E-state index in [2.05, 4.69) is 10.8 Å². The molecule has 0 spiro atoms. The van der Waals surface area contributed by atoms with Gasteiger partial charge in [0.05, 0.1) is 11.8 Å². The molecule has 1 saturated carbocycles. The van der Waals surface area contributed by atoms with Crippen molar-refractivity contribution in [1.82, 2.24) is 4.72 Å². The largest absolute Gasteiger partial charge is 0.215 e. The van der Waals surface area contributed by atoms with Gasteiger partial charge in [-0.25, -0.2) is 13.1 Å². The first-order chi connectivity index (χ1) is 6.89. The lowest BCUT2D eigenvalue weighted by molar-refractivity contribution is 0.527. The summed E-state index contributed by atoms with van der Waals surface area (Å²) in [7, 11) is -3.20. The fourth-order valence-electron chi connectivity index (χ4n) is 1.46. The normalized spacial score (nSPS) is 18.8. The standard InChI is InChI=1S/C10H18N2O2S/c1-9(2)7-12-15(13,14)8-10(3-4-10)5-6-11/h9,12H,3-5,7-8H2,1-2H3. The smallest absolute Gasteiger partial charge is 0.212 e. The first kappa shape index (κ1) is 12.5. The van der Waals surface area contributed by atoms with Crippen LogP contribution in [0.2, 0.25) is 0 Å². The second-order valence-electron chi connectivity index (χ2n) is 4.84. The zero-order valence-electron chi connectivity index (χ0n) is 9.28. The molecule has 0 amide bonds. The molecule has 0 aromatic carbocycles. The van der Waals surface area contributed by atoms with Gasteiger partial charge >= 0.3 is 0 Å². The van der Waals surface area contributed by atoms with Crippen molar-refractivity contribution in [2.45, 2.75) is 33.1 Å². The van der Waals surface area contributed by atoms with E-state index < -0.39 is 10.0 Å². The van der Waals surface area contributed by atoms with Gasteiger partial charge in [0, 0.05) is 13.0 Å². The molecule has 0 atom stereocenters. The van der Waals surface area contributed by atoms with Crippen LogP contribution in [0.4, 0.5) is 0 Å². The molecular formula is C10H18N2O2S. The molecular weight excluding hydrogens is 212 g/mol. The van der Waals surface area contributed by atoms with E-state index in [1.54, 1.807) is 0 Å². The number of hydrogen-bond acceptors (Lipinski definition) is 3. The Morgan fingerprint density at radius 1 is 1.47 bits per heavy atom. The van der Waals surface area contributed by atoms with Gasteiger partial charge in [-0.3, -0.25) is 0 Å². The maximum absolute atomic E-state index is 11.6. The second-order valence-corrected chi connectivity index (χ2v) is 6.64. The van der Waals surface area contributed by atoms with E-state index in [4.69, 9.17) is 5.26 Å². The van der Waals surface area contributed by atoms with Crippen LogP contribution in [0.3, 0.4) is 0 Å². The summed E-state index contributed by atoms with van der Waals surface area (Å²) in [6, 6.07) is 2.07. The summed E-state index contributed by atoms with van der Waals surface area (Å²) in [4.78, 5) is 0. The highest BCUT2D eigenvalue weighted by Gasteiger charge is 2.45. The van der Waals surface area contributed by atoms with E-state index >= 15 is 0 Å². The highest BCUT2D eigenvalue weighted by Crippen LogP contribution is 2.49. The maximum atomic E-state index is 11.6. The number of hydrogen-bond donors (Lipinski definition) is 1. The van der Waals surface area contributed by atoms with Gasteiger partial charge in [0.15, 0.2) is 0 Å². The lowest BCUT2D eigenvalue weighted by atomic mass is 10.1. The molecule has 86 valence electrons. The van der Waals surface area contributed by atoms with Gasteiger partial charge in [0.2, 0.25) is 10.0 Å². The predicted octanol–water partition coefficient (Wildman–Crippen LogP) is 1.26. The average molecular weight is 230 g/mol. The van der Waals surface area contributed by atoms with E-state index in [0.717, 1.165) is 12.8 Å². The maximum Gasteiger partial charge on any atom is 0.212 e. The van der Waals surface area contributed by atoms with Gasteiger partial charge < -0.3 is 0 Å². The first-order valence-corrected chi connectivity index (χ1v) is 6.89. The van der Waals surface area contributed by atoms with Gasteiger partial charge in [0.25, 0.3) is 0 Å². The highest BCUT2D eigenvalue weighted by molar-refractivity contribution is 7.89. The van der Waals surface area contributed by atoms with Crippen LogP contribution in [-0.4, -0.2) is 20.7 Å². The molecule has 1 fully saturated rings. The van der Waals surface area contributed by atoms with Crippen LogP contribution >= 0.6 is 0 Å². The number of sulfonamides is 1. The van der Waals surface area contributed by atoms with Crippen molar-refractivity contribution in [3.8, 4) is 6.07 Å². The zero-order valence-corrected chi connectivity index (χ0v) is 10.1. The third kappa shape index (κ3) is 4.18. The van der Waals surface area contributed by atoms with Crippen LogP contribution in [0.15, 0.2) is 0 Å². The Balaban J connectivity index is 2.47. The van der Waals surface area contributed by atoms with Crippen LogP contribution in [0.5, 0.6) is 0 Å². The number of nitrogens with one attached hydrogen (secondary N) is 1. The Kier molecular flexibility index (Phi) is 3.74. The predicted molar refractivity (Wildman–Crippen MR) is 58.5 cm³/mol. The van der Waals surface area contributed by atoms with Crippen LogP contribution in [0, 0.1) is 22.7 Å². The van der Waals surface area contributed by atoms with E-state index in [-0.39, 0.29) is 11.2 Å². The van der Waals surface area contributed by atoms with Gasteiger partial charge in [-0.2, -0.15) is 5.26 Å². The lowest BCUT2D eigenvalue weighted by Gasteiger charge is -2.13. The summed E-state index contributed by atoms with van der Waals surface area (Å²) in [5, 5.41) is 8.59. The minimum Gasteiger partial charge on any atom is -0.215 e. The van der Waals surface area contributed by atoms with Gasteiger partial charge in [-0.05, 0) is 24.2 Å². The second kappa shape index (κ2) is 4.50. The molecule has 0 unspecified atom stereocenters. The highest BCUT2D eigenvalue weighted by atomic mass is 32.2. The summed E-state index contributed by atoms with van der Waals surface area (Å²) in [6.45, 7) is 4.40. The Morgan fingerprint density at radius 2 is 2.07 bits per heavy atom. The molecule has 1 aliphatic carbocycles. The quantitative estimate of drug-likeness (QED) is 0.746. The topological polar surface area (TPSA) is 70.0 Å². The average Bonchev–Trinajstić information content (AvgIpc) is 2.81. The van der Waals surface area contributed by atoms with Crippen molar-refractivity contribution >= 4 is 10.0 Å². The summed E-state index contributed by atoms with van der Waals surface area (Å²) < 4.78 is 25.9. The van der Waals surface area contributed by atoms with Gasteiger partial charge in [0.1, 0.15) is 0 Å². The monoisotopic (exact) mass is 230 g/mol. The molecule has 0 heterocycles. The summed E-state index contributed by atoms with van der Waals surface area (Å²) in [5.74, 6) is 0.422. The number of nitrogens with zero attached hydrogens (tertiary/aromatic N) is 1. The molecule has 4 nitrogen and oxygen atoms in total. The van der Waals surface area contributed by atoms with E-state index in [1.807, 2.05) is 13.8 Å². The van der Waals surface area contributed by atoms with Crippen LogP contribution in [0.1, 0.15) is 33.1 Å². The van der Waals surface area contributed by atoms with Crippen molar-refractivity contribution < 1.29 is 8.42 Å². The lowest BCUT2D eigenvalue weighted by Crippen LogP contribution is -2.33. The molecule has 0 aromatic heterocycles. The fourth-order valence-corrected chi connectivity index (χ4v) is 3.35. The van der Waals surface area contributed by atoms with Crippen molar-refractivity contribution in [3.05, 3.63) is 0 Å². The van der Waals surface area contributed by atoms with Crippen molar-refractivity contribution in [3.63, 3.8) is 0 Å². The third-order valence-electron chi connectivity index (χ3n) is 2.62. The van der Waals surface area contributed by atoms with Crippen molar-refractivity contribution in [2.24, 2.45) is 11.3 Å². The summed E-state index contributed by atoms with van der Waals surface area (Å²) in [5.41, 5.74) is -0.239. The molecule has 0 saturated heterocycles. The number of rotatable bonds is 6. The molecule has 0 aromatic rings. The SMILES string of the molecule is CC(C)CNS(=O)(=O)CC1(CC#N)CC1. The summed E-state index contributed by atoms with van der Waals surface area (Å²) in [6.07, 6.45) is 2.09. The van der Waals surface area contributed by atoms with E-state index in [0.29, 0.717) is 18.9 Å². The van der Waals surface area contributed by atoms with Crippen LogP contribution < -0.4 is 4.72 Å². The Labute approximate surface area is 91.7 Å². The molecule has 0 radical (unpaired) electrons. The number of nitriles is 1. The fraction of sp³-hybridized carbons (Fsp3) is 0.900. The zero-order chi connectivity index (χ0) is 11.5. The minimum atomic E-state index is -3.20.